The van der Waals surface area contributed by atoms with Crippen LogP contribution in [-0.4, -0.2) is 15.5 Å². The molecule has 0 atom stereocenters. The number of halogens is 1. The molecule has 0 heterocycles. The Hall–Kier alpha value is -1.53. The zero-order chi connectivity index (χ0) is 13.9. The summed E-state index contributed by atoms with van der Waals surface area (Å²) in [4.78, 5) is 0.0945. The summed E-state index contributed by atoms with van der Waals surface area (Å²) in [7, 11) is -2.41. The number of hydrogen-bond acceptors (Lipinski definition) is 4. The van der Waals surface area contributed by atoms with Crippen molar-refractivity contribution in [1.29, 1.82) is 0 Å². The summed E-state index contributed by atoms with van der Waals surface area (Å²) < 4.78 is 35.1. The normalized spacial score (nSPS) is 11.1. The number of rotatable bonds is 4. The lowest BCUT2D eigenvalue weighted by Gasteiger charge is -2.10. The third kappa shape index (κ3) is 3.27. The molecule has 4 nitrogen and oxygen atoms in total. The van der Waals surface area contributed by atoms with Gasteiger partial charge < -0.3 is 8.92 Å². The minimum absolute atomic E-state index is 0.0945. The van der Waals surface area contributed by atoms with Crippen LogP contribution in [-0.2, 0) is 10.1 Å². The molecule has 0 spiro atoms. The summed E-state index contributed by atoms with van der Waals surface area (Å²) >= 11 is 3.26. The molecular formula is C13H11BrO4S. The van der Waals surface area contributed by atoms with Gasteiger partial charge in [0.15, 0.2) is 11.5 Å². The number of ether oxygens (including phenoxy) is 1. The van der Waals surface area contributed by atoms with Crippen molar-refractivity contribution in [3.63, 3.8) is 0 Å². The SMILES string of the molecule is COc1ccc(Br)cc1OS(=O)(=O)c1ccccc1. The Balaban J connectivity index is 2.38. The molecule has 6 heteroatoms. The summed E-state index contributed by atoms with van der Waals surface area (Å²) in [5.41, 5.74) is 0. The van der Waals surface area contributed by atoms with Gasteiger partial charge in [-0.1, -0.05) is 34.1 Å². The van der Waals surface area contributed by atoms with E-state index in [4.69, 9.17) is 8.92 Å². The van der Waals surface area contributed by atoms with Crippen LogP contribution in [0.4, 0.5) is 0 Å². The van der Waals surface area contributed by atoms with Crippen LogP contribution in [0.15, 0.2) is 57.9 Å². The molecule has 2 aromatic carbocycles. The monoisotopic (exact) mass is 342 g/mol. The largest absolute Gasteiger partial charge is 0.493 e. The van der Waals surface area contributed by atoms with Crippen molar-refractivity contribution >= 4 is 26.0 Å². The van der Waals surface area contributed by atoms with Crippen molar-refractivity contribution in [2.75, 3.05) is 7.11 Å². The maximum atomic E-state index is 12.1. The van der Waals surface area contributed by atoms with Gasteiger partial charge in [0.1, 0.15) is 4.90 Å². The molecule has 100 valence electrons. The second kappa shape index (κ2) is 5.63. The van der Waals surface area contributed by atoms with Gasteiger partial charge in [0.25, 0.3) is 0 Å². The topological polar surface area (TPSA) is 52.6 Å². The maximum Gasteiger partial charge on any atom is 0.339 e. The molecule has 0 unspecified atom stereocenters. The third-order valence-corrected chi connectivity index (χ3v) is 4.10. The molecule has 0 saturated carbocycles. The van der Waals surface area contributed by atoms with E-state index in [1.165, 1.54) is 19.2 Å². The van der Waals surface area contributed by atoms with E-state index >= 15 is 0 Å². The van der Waals surface area contributed by atoms with Crippen molar-refractivity contribution in [2.24, 2.45) is 0 Å². The lowest BCUT2D eigenvalue weighted by molar-refractivity contribution is 0.390. The summed E-state index contributed by atoms with van der Waals surface area (Å²) in [6.07, 6.45) is 0. The summed E-state index contributed by atoms with van der Waals surface area (Å²) in [6, 6.07) is 12.8. The molecule has 19 heavy (non-hydrogen) atoms. The highest BCUT2D eigenvalue weighted by atomic mass is 79.9. The van der Waals surface area contributed by atoms with Gasteiger partial charge in [-0.2, -0.15) is 8.42 Å². The van der Waals surface area contributed by atoms with E-state index in [1.807, 2.05) is 0 Å². The van der Waals surface area contributed by atoms with E-state index in [-0.39, 0.29) is 10.6 Å². The Morgan fingerprint density at radius 1 is 1.00 bits per heavy atom. The van der Waals surface area contributed by atoms with Crippen molar-refractivity contribution in [1.82, 2.24) is 0 Å². The number of methoxy groups -OCH3 is 1. The predicted octanol–water partition coefficient (Wildman–Crippen LogP) is 3.23. The third-order valence-electron chi connectivity index (χ3n) is 2.36. The predicted molar refractivity (Wildman–Crippen MR) is 74.9 cm³/mol. The van der Waals surface area contributed by atoms with Gasteiger partial charge in [-0.3, -0.25) is 0 Å². The highest BCUT2D eigenvalue weighted by molar-refractivity contribution is 9.10. The average Bonchev–Trinajstić information content (AvgIpc) is 2.39. The Labute approximate surface area is 120 Å². The molecule has 0 N–H and O–H groups in total. The first kappa shape index (κ1) is 13.9. The highest BCUT2D eigenvalue weighted by Crippen LogP contribution is 2.32. The minimum Gasteiger partial charge on any atom is -0.493 e. The smallest absolute Gasteiger partial charge is 0.339 e. The van der Waals surface area contributed by atoms with Crippen LogP contribution in [0.25, 0.3) is 0 Å². The molecule has 2 rings (SSSR count). The molecule has 0 bridgehead atoms. The standard InChI is InChI=1S/C13H11BrO4S/c1-17-12-8-7-10(14)9-13(12)18-19(15,16)11-5-3-2-4-6-11/h2-9H,1H3. The quantitative estimate of drug-likeness (QED) is 0.800. The van der Waals surface area contributed by atoms with Crippen LogP contribution in [0.2, 0.25) is 0 Å². The van der Waals surface area contributed by atoms with Gasteiger partial charge in [-0.15, -0.1) is 0 Å². The Kier molecular flexibility index (Phi) is 4.11. The molecule has 0 saturated heterocycles. The second-order valence-electron chi connectivity index (χ2n) is 3.65. The molecule has 0 radical (unpaired) electrons. The molecule has 0 aromatic heterocycles. The first-order chi connectivity index (χ1) is 9.03. The molecular weight excluding hydrogens is 332 g/mol. The molecule has 0 fully saturated rings. The Morgan fingerprint density at radius 3 is 2.32 bits per heavy atom. The first-order valence-corrected chi connectivity index (χ1v) is 7.56. The first-order valence-electron chi connectivity index (χ1n) is 5.36. The van der Waals surface area contributed by atoms with Crippen molar-refractivity contribution in [2.45, 2.75) is 4.90 Å². The number of hydrogen-bond donors (Lipinski definition) is 0. The van der Waals surface area contributed by atoms with Gasteiger partial charge in [-0.05, 0) is 30.3 Å². The van der Waals surface area contributed by atoms with Crippen molar-refractivity contribution < 1.29 is 17.3 Å². The molecule has 0 aliphatic heterocycles. The maximum absolute atomic E-state index is 12.1. The van der Waals surface area contributed by atoms with Gasteiger partial charge in [-0.25, -0.2) is 0 Å². The summed E-state index contributed by atoms with van der Waals surface area (Å²) in [5, 5.41) is 0. The van der Waals surface area contributed by atoms with Gasteiger partial charge in [0.05, 0.1) is 7.11 Å². The van der Waals surface area contributed by atoms with Gasteiger partial charge in [0.2, 0.25) is 0 Å². The van der Waals surface area contributed by atoms with Crippen LogP contribution in [0.3, 0.4) is 0 Å². The Bertz CT molecular complexity index is 668. The van der Waals surface area contributed by atoms with Crippen LogP contribution in [0.5, 0.6) is 11.5 Å². The zero-order valence-electron chi connectivity index (χ0n) is 10.0. The van der Waals surface area contributed by atoms with Crippen molar-refractivity contribution in [3.8, 4) is 11.5 Å². The van der Waals surface area contributed by atoms with E-state index < -0.39 is 10.1 Å². The number of benzene rings is 2. The lowest BCUT2D eigenvalue weighted by Crippen LogP contribution is -2.10. The van der Waals surface area contributed by atoms with Crippen LogP contribution < -0.4 is 8.92 Å². The fourth-order valence-electron chi connectivity index (χ4n) is 1.47. The van der Waals surface area contributed by atoms with Crippen LogP contribution in [0.1, 0.15) is 0 Å². The summed E-state index contributed by atoms with van der Waals surface area (Å²) in [6.45, 7) is 0. The molecule has 0 amide bonds. The van der Waals surface area contributed by atoms with E-state index in [9.17, 15) is 8.42 Å². The fraction of sp³-hybridized carbons (Fsp3) is 0.0769. The van der Waals surface area contributed by atoms with Crippen LogP contribution in [0, 0.1) is 0 Å². The molecule has 0 aliphatic rings. The van der Waals surface area contributed by atoms with Gasteiger partial charge in [0, 0.05) is 4.47 Å². The van der Waals surface area contributed by atoms with E-state index in [2.05, 4.69) is 15.9 Å². The average molecular weight is 343 g/mol. The second-order valence-corrected chi connectivity index (χ2v) is 6.11. The summed E-state index contributed by atoms with van der Waals surface area (Å²) in [5.74, 6) is 0.489. The Morgan fingerprint density at radius 2 is 1.68 bits per heavy atom. The van der Waals surface area contributed by atoms with Gasteiger partial charge >= 0.3 is 10.1 Å². The highest BCUT2D eigenvalue weighted by Gasteiger charge is 2.18. The van der Waals surface area contributed by atoms with E-state index in [0.717, 1.165) is 0 Å². The minimum atomic E-state index is -3.86. The van der Waals surface area contributed by atoms with Crippen LogP contribution >= 0.6 is 15.9 Å². The van der Waals surface area contributed by atoms with E-state index in [0.29, 0.717) is 10.2 Å². The van der Waals surface area contributed by atoms with Crippen molar-refractivity contribution in [3.05, 3.63) is 53.0 Å². The van der Waals surface area contributed by atoms with E-state index in [1.54, 1.807) is 36.4 Å². The molecule has 0 aliphatic carbocycles. The lowest BCUT2D eigenvalue weighted by atomic mass is 10.3. The molecule has 2 aromatic rings. The fourth-order valence-corrected chi connectivity index (χ4v) is 2.76. The zero-order valence-corrected chi connectivity index (χ0v) is 12.4.